The molecule has 5 nitrogen and oxygen atoms in total. The van der Waals surface area contributed by atoms with Crippen molar-refractivity contribution >= 4 is 5.82 Å². The van der Waals surface area contributed by atoms with Crippen LogP contribution in [0, 0.1) is 0 Å². The first-order valence-corrected chi connectivity index (χ1v) is 4.69. The van der Waals surface area contributed by atoms with Gasteiger partial charge in [0.2, 0.25) is 0 Å². The first-order valence-electron chi connectivity index (χ1n) is 4.69. The number of imidazole rings is 1. The third kappa shape index (κ3) is 2.92. The molecule has 0 spiro atoms. The summed E-state index contributed by atoms with van der Waals surface area (Å²) in [5.41, 5.74) is -1.01. The van der Waals surface area contributed by atoms with Gasteiger partial charge in [-0.05, 0) is 12.1 Å². The van der Waals surface area contributed by atoms with E-state index in [1.807, 2.05) is 0 Å². The number of halogens is 3. The number of aromatic nitrogens is 4. The van der Waals surface area contributed by atoms with E-state index in [4.69, 9.17) is 0 Å². The molecule has 2 rings (SSSR count). The van der Waals surface area contributed by atoms with Crippen LogP contribution in [0.4, 0.5) is 19.0 Å². The summed E-state index contributed by atoms with van der Waals surface area (Å²) < 4.78 is 36.6. The highest BCUT2D eigenvalue weighted by Crippen LogP contribution is 2.26. The van der Waals surface area contributed by atoms with Gasteiger partial charge in [0.25, 0.3) is 0 Å². The van der Waals surface area contributed by atoms with E-state index in [1.165, 1.54) is 6.07 Å². The van der Waals surface area contributed by atoms with E-state index in [0.29, 0.717) is 12.4 Å². The van der Waals surface area contributed by atoms with E-state index in [9.17, 15) is 13.2 Å². The zero-order chi connectivity index (χ0) is 12.3. The van der Waals surface area contributed by atoms with Gasteiger partial charge in [0.05, 0.1) is 6.54 Å². The van der Waals surface area contributed by atoms with Gasteiger partial charge in [0.15, 0.2) is 5.69 Å². The summed E-state index contributed by atoms with van der Waals surface area (Å²) in [6.45, 7) is 0.340. The van der Waals surface area contributed by atoms with Crippen molar-refractivity contribution in [1.29, 1.82) is 0 Å². The zero-order valence-corrected chi connectivity index (χ0v) is 8.49. The Labute approximate surface area is 94.1 Å². The van der Waals surface area contributed by atoms with Crippen molar-refractivity contribution in [3.63, 3.8) is 0 Å². The standard InChI is InChI=1S/C9H8F3N5/c10-9(11,12)6-1-2-7(17-16-6)15-5-8-13-3-4-14-8/h1-4H,5H2,(H,13,14)(H,15,17). The van der Waals surface area contributed by atoms with Gasteiger partial charge >= 0.3 is 6.18 Å². The molecule has 0 amide bonds. The van der Waals surface area contributed by atoms with Crippen molar-refractivity contribution in [3.8, 4) is 0 Å². The predicted molar refractivity (Wildman–Crippen MR) is 52.9 cm³/mol. The van der Waals surface area contributed by atoms with Crippen molar-refractivity contribution in [2.45, 2.75) is 12.7 Å². The van der Waals surface area contributed by atoms with E-state index in [-0.39, 0.29) is 5.82 Å². The van der Waals surface area contributed by atoms with Crippen LogP contribution in [-0.4, -0.2) is 20.2 Å². The summed E-state index contributed by atoms with van der Waals surface area (Å²) in [5.74, 6) is 0.918. The Morgan fingerprint density at radius 1 is 1.24 bits per heavy atom. The zero-order valence-electron chi connectivity index (χ0n) is 8.49. The Bertz CT molecular complexity index is 462. The van der Waals surface area contributed by atoms with Crippen LogP contribution in [0.25, 0.3) is 0 Å². The number of nitrogens with zero attached hydrogens (tertiary/aromatic N) is 3. The summed E-state index contributed by atoms with van der Waals surface area (Å²) in [6, 6.07) is 2.09. The van der Waals surface area contributed by atoms with E-state index in [1.54, 1.807) is 12.4 Å². The van der Waals surface area contributed by atoms with Crippen molar-refractivity contribution < 1.29 is 13.2 Å². The lowest BCUT2D eigenvalue weighted by Crippen LogP contribution is -2.10. The lowest BCUT2D eigenvalue weighted by Gasteiger charge is -2.06. The fourth-order valence-electron chi connectivity index (χ4n) is 1.15. The van der Waals surface area contributed by atoms with Crippen LogP contribution in [0.15, 0.2) is 24.5 Å². The average Bonchev–Trinajstić information content (AvgIpc) is 2.78. The third-order valence-electron chi connectivity index (χ3n) is 1.95. The largest absolute Gasteiger partial charge is 0.435 e. The smallest absolute Gasteiger partial charge is 0.361 e. The highest BCUT2D eigenvalue weighted by Gasteiger charge is 2.32. The highest BCUT2D eigenvalue weighted by atomic mass is 19.4. The van der Waals surface area contributed by atoms with Gasteiger partial charge in [-0.15, -0.1) is 10.2 Å². The predicted octanol–water partition coefficient (Wildman–Crippen LogP) is 1.83. The molecule has 0 aromatic carbocycles. The monoisotopic (exact) mass is 243 g/mol. The molecule has 0 saturated heterocycles. The quantitative estimate of drug-likeness (QED) is 0.863. The highest BCUT2D eigenvalue weighted by molar-refractivity contribution is 5.33. The minimum Gasteiger partial charge on any atom is -0.361 e. The van der Waals surface area contributed by atoms with Crippen LogP contribution >= 0.6 is 0 Å². The SMILES string of the molecule is FC(F)(F)c1ccc(NCc2ncc[nH]2)nn1. The van der Waals surface area contributed by atoms with Crippen molar-refractivity contribution in [2.75, 3.05) is 5.32 Å². The number of rotatable bonds is 3. The molecule has 8 heteroatoms. The molecule has 0 saturated carbocycles. The summed E-state index contributed by atoms with van der Waals surface area (Å²) >= 11 is 0. The minimum absolute atomic E-state index is 0.259. The van der Waals surface area contributed by atoms with Gasteiger partial charge in [-0.25, -0.2) is 4.98 Å². The molecule has 0 aliphatic carbocycles. The molecule has 0 radical (unpaired) electrons. The summed E-state index contributed by atoms with van der Waals surface area (Å²) in [5, 5.41) is 9.29. The molecule has 0 fully saturated rings. The number of nitrogens with one attached hydrogen (secondary N) is 2. The van der Waals surface area contributed by atoms with Gasteiger partial charge in [0.1, 0.15) is 11.6 Å². The summed E-state index contributed by atoms with van der Waals surface area (Å²) in [6.07, 6.45) is -1.24. The number of alkyl halides is 3. The Balaban J connectivity index is 1.99. The molecule has 0 aliphatic heterocycles. The second-order valence-electron chi connectivity index (χ2n) is 3.19. The Morgan fingerprint density at radius 3 is 2.59 bits per heavy atom. The third-order valence-corrected chi connectivity index (χ3v) is 1.95. The normalized spacial score (nSPS) is 11.5. The molecule has 0 bridgehead atoms. The molecular weight excluding hydrogens is 235 g/mol. The van der Waals surface area contributed by atoms with Gasteiger partial charge < -0.3 is 10.3 Å². The summed E-state index contributed by atoms with van der Waals surface area (Å²) in [4.78, 5) is 6.78. The number of anilines is 1. The van der Waals surface area contributed by atoms with Gasteiger partial charge in [0, 0.05) is 12.4 Å². The fourth-order valence-corrected chi connectivity index (χ4v) is 1.15. The maximum atomic E-state index is 12.2. The van der Waals surface area contributed by atoms with Gasteiger partial charge in [-0.1, -0.05) is 0 Å². The molecule has 2 N–H and O–H groups in total. The summed E-state index contributed by atoms with van der Waals surface area (Å²) in [7, 11) is 0. The van der Waals surface area contributed by atoms with Gasteiger partial charge in [-0.2, -0.15) is 13.2 Å². The van der Waals surface area contributed by atoms with E-state index in [0.717, 1.165) is 6.07 Å². The molecule has 90 valence electrons. The van der Waals surface area contributed by atoms with Crippen LogP contribution < -0.4 is 5.32 Å². The van der Waals surface area contributed by atoms with Gasteiger partial charge in [-0.3, -0.25) is 0 Å². The maximum absolute atomic E-state index is 12.2. The first-order chi connectivity index (χ1) is 8.05. The van der Waals surface area contributed by atoms with E-state index < -0.39 is 11.9 Å². The Kier molecular flexibility index (Phi) is 2.94. The Hall–Kier alpha value is -2.12. The van der Waals surface area contributed by atoms with Crippen LogP contribution in [0.2, 0.25) is 0 Å². The molecular formula is C9H8F3N5. The second kappa shape index (κ2) is 4.40. The number of hydrogen-bond donors (Lipinski definition) is 2. The topological polar surface area (TPSA) is 66.5 Å². The molecule has 0 unspecified atom stereocenters. The van der Waals surface area contributed by atoms with E-state index >= 15 is 0 Å². The lowest BCUT2D eigenvalue weighted by molar-refractivity contribution is -0.141. The second-order valence-corrected chi connectivity index (χ2v) is 3.19. The minimum atomic E-state index is -4.47. The van der Waals surface area contributed by atoms with Crippen LogP contribution in [0.3, 0.4) is 0 Å². The number of aromatic amines is 1. The van der Waals surface area contributed by atoms with Crippen LogP contribution in [-0.2, 0) is 12.7 Å². The molecule has 2 aromatic heterocycles. The average molecular weight is 243 g/mol. The number of H-pyrrole nitrogens is 1. The van der Waals surface area contributed by atoms with E-state index in [2.05, 4.69) is 25.5 Å². The number of hydrogen-bond acceptors (Lipinski definition) is 4. The fraction of sp³-hybridized carbons (Fsp3) is 0.222. The molecule has 0 atom stereocenters. The van der Waals surface area contributed by atoms with Crippen LogP contribution in [0.1, 0.15) is 11.5 Å². The first kappa shape index (κ1) is 11.4. The molecule has 0 aliphatic rings. The van der Waals surface area contributed by atoms with Crippen molar-refractivity contribution in [2.24, 2.45) is 0 Å². The molecule has 2 heterocycles. The van der Waals surface area contributed by atoms with Crippen LogP contribution in [0.5, 0.6) is 0 Å². The van der Waals surface area contributed by atoms with Crippen molar-refractivity contribution in [1.82, 2.24) is 20.2 Å². The molecule has 17 heavy (non-hydrogen) atoms. The van der Waals surface area contributed by atoms with Crippen molar-refractivity contribution in [3.05, 3.63) is 36.0 Å². The maximum Gasteiger partial charge on any atom is 0.435 e. The molecule has 2 aromatic rings. The lowest BCUT2D eigenvalue weighted by atomic mass is 10.4. The Morgan fingerprint density at radius 2 is 2.06 bits per heavy atom.